The lowest BCUT2D eigenvalue weighted by Crippen LogP contribution is -2.43. The molecule has 0 radical (unpaired) electrons. The summed E-state index contributed by atoms with van der Waals surface area (Å²) in [6.45, 7) is 2.28. The third-order valence-electron chi connectivity index (χ3n) is 6.34. The van der Waals surface area contributed by atoms with Crippen molar-refractivity contribution in [2.45, 2.75) is 18.9 Å². The molecule has 0 aliphatic carbocycles. The number of amides is 1. The number of nitrogens with one attached hydrogen (secondary N) is 1. The number of likely N-dealkylation sites (tertiary alicyclic amines) is 1. The van der Waals surface area contributed by atoms with Gasteiger partial charge in [-0.3, -0.25) is 9.69 Å². The molecule has 1 aliphatic rings. The van der Waals surface area contributed by atoms with Gasteiger partial charge in [-0.1, -0.05) is 30.3 Å². The summed E-state index contributed by atoms with van der Waals surface area (Å²) in [6, 6.07) is 23.8. The number of anilines is 1. The SMILES string of the molecule is COc1ccc(NC(=O)C2CC(c3ccccc3)CN(Cc3cc(OC)cc(OC)c3)C2)cc1. The van der Waals surface area contributed by atoms with Gasteiger partial charge in [-0.2, -0.15) is 0 Å². The minimum absolute atomic E-state index is 0.0408. The van der Waals surface area contributed by atoms with Crippen LogP contribution in [0.2, 0.25) is 0 Å². The highest BCUT2D eigenvalue weighted by atomic mass is 16.5. The van der Waals surface area contributed by atoms with E-state index in [1.54, 1.807) is 21.3 Å². The van der Waals surface area contributed by atoms with Crippen molar-refractivity contribution in [1.29, 1.82) is 0 Å². The first-order valence-electron chi connectivity index (χ1n) is 11.5. The van der Waals surface area contributed by atoms with E-state index in [-0.39, 0.29) is 17.7 Å². The van der Waals surface area contributed by atoms with E-state index in [1.807, 2.05) is 48.5 Å². The molecule has 0 aromatic heterocycles. The van der Waals surface area contributed by atoms with Crippen LogP contribution >= 0.6 is 0 Å². The Morgan fingerprint density at radius 3 is 2.12 bits per heavy atom. The molecule has 1 N–H and O–H groups in total. The lowest BCUT2D eigenvalue weighted by atomic mass is 9.84. The van der Waals surface area contributed by atoms with Crippen molar-refractivity contribution in [3.8, 4) is 17.2 Å². The van der Waals surface area contributed by atoms with Gasteiger partial charge >= 0.3 is 0 Å². The number of benzene rings is 3. The highest BCUT2D eigenvalue weighted by molar-refractivity contribution is 5.92. The summed E-state index contributed by atoms with van der Waals surface area (Å²) in [6.07, 6.45) is 0.809. The third kappa shape index (κ3) is 5.88. The number of carbonyl (C=O) groups excluding carboxylic acids is 1. The van der Waals surface area contributed by atoms with Crippen LogP contribution in [-0.4, -0.2) is 45.2 Å². The van der Waals surface area contributed by atoms with Crippen LogP contribution in [0.1, 0.15) is 23.5 Å². The second-order valence-corrected chi connectivity index (χ2v) is 8.67. The summed E-state index contributed by atoms with van der Waals surface area (Å²) in [5, 5.41) is 3.09. The van der Waals surface area contributed by atoms with E-state index in [2.05, 4.69) is 34.5 Å². The van der Waals surface area contributed by atoms with Gasteiger partial charge in [0.05, 0.1) is 27.2 Å². The lowest BCUT2D eigenvalue weighted by Gasteiger charge is -2.37. The van der Waals surface area contributed by atoms with Crippen molar-refractivity contribution in [3.05, 3.63) is 83.9 Å². The number of nitrogens with zero attached hydrogens (tertiary/aromatic N) is 1. The number of rotatable bonds is 8. The molecule has 3 aromatic carbocycles. The van der Waals surface area contributed by atoms with E-state index in [9.17, 15) is 4.79 Å². The van der Waals surface area contributed by atoms with E-state index >= 15 is 0 Å². The van der Waals surface area contributed by atoms with E-state index in [0.29, 0.717) is 13.1 Å². The summed E-state index contributed by atoms with van der Waals surface area (Å²) in [5.41, 5.74) is 3.13. The standard InChI is InChI=1S/C28H32N2O4/c1-32-25-11-9-24(10-12-25)29-28(31)23-15-22(21-7-5-4-6-8-21)18-30(19-23)17-20-13-26(33-2)16-27(14-20)34-3/h4-14,16,22-23H,15,17-19H2,1-3H3,(H,29,31). The molecule has 1 fully saturated rings. The monoisotopic (exact) mass is 460 g/mol. The van der Waals surface area contributed by atoms with Crippen LogP contribution in [0.25, 0.3) is 0 Å². The minimum atomic E-state index is -0.131. The molecule has 2 unspecified atom stereocenters. The molecule has 2 atom stereocenters. The molecular weight excluding hydrogens is 428 g/mol. The van der Waals surface area contributed by atoms with E-state index in [1.165, 1.54) is 5.56 Å². The number of hydrogen-bond donors (Lipinski definition) is 1. The number of hydrogen-bond acceptors (Lipinski definition) is 5. The first-order valence-corrected chi connectivity index (χ1v) is 11.5. The average molecular weight is 461 g/mol. The van der Waals surface area contributed by atoms with Crippen LogP contribution < -0.4 is 19.5 Å². The Bertz CT molecular complexity index is 1060. The van der Waals surface area contributed by atoms with E-state index in [0.717, 1.165) is 41.5 Å². The Hall–Kier alpha value is -3.51. The molecule has 0 saturated carbocycles. The lowest BCUT2D eigenvalue weighted by molar-refractivity contribution is -0.121. The van der Waals surface area contributed by atoms with Crippen molar-refractivity contribution in [3.63, 3.8) is 0 Å². The molecule has 1 saturated heterocycles. The zero-order chi connectivity index (χ0) is 23.9. The summed E-state index contributed by atoms with van der Waals surface area (Å²) in [4.78, 5) is 15.6. The Labute approximate surface area is 201 Å². The number of carbonyl (C=O) groups is 1. The fourth-order valence-electron chi connectivity index (χ4n) is 4.61. The maximum atomic E-state index is 13.3. The molecule has 6 nitrogen and oxygen atoms in total. The summed E-state index contributed by atoms with van der Waals surface area (Å²) in [7, 11) is 4.95. The first kappa shape index (κ1) is 23.6. The Balaban J connectivity index is 1.53. The highest BCUT2D eigenvalue weighted by Crippen LogP contribution is 2.33. The van der Waals surface area contributed by atoms with Gasteiger partial charge in [0.25, 0.3) is 0 Å². The molecule has 6 heteroatoms. The van der Waals surface area contributed by atoms with Crippen molar-refractivity contribution >= 4 is 11.6 Å². The highest BCUT2D eigenvalue weighted by Gasteiger charge is 2.32. The molecule has 1 amide bonds. The van der Waals surface area contributed by atoms with Crippen LogP contribution in [0.5, 0.6) is 17.2 Å². The number of piperidine rings is 1. The van der Waals surface area contributed by atoms with Crippen molar-refractivity contribution in [1.82, 2.24) is 4.90 Å². The van der Waals surface area contributed by atoms with Crippen LogP contribution in [0, 0.1) is 5.92 Å². The normalized spacial score (nSPS) is 18.2. The van der Waals surface area contributed by atoms with Gasteiger partial charge in [0, 0.05) is 31.4 Å². The average Bonchev–Trinajstić information content (AvgIpc) is 2.89. The maximum Gasteiger partial charge on any atom is 0.228 e. The number of methoxy groups -OCH3 is 3. The molecule has 34 heavy (non-hydrogen) atoms. The quantitative estimate of drug-likeness (QED) is 0.515. The number of ether oxygens (including phenoxy) is 3. The Morgan fingerprint density at radius 1 is 0.853 bits per heavy atom. The van der Waals surface area contributed by atoms with Crippen LogP contribution in [0.4, 0.5) is 5.69 Å². The molecule has 1 aliphatic heterocycles. The zero-order valence-electron chi connectivity index (χ0n) is 20.0. The predicted octanol–water partition coefficient (Wildman–Crippen LogP) is 4.96. The Kier molecular flexibility index (Phi) is 7.70. The van der Waals surface area contributed by atoms with Gasteiger partial charge in [-0.15, -0.1) is 0 Å². The smallest absolute Gasteiger partial charge is 0.228 e. The minimum Gasteiger partial charge on any atom is -0.497 e. The van der Waals surface area contributed by atoms with Crippen molar-refractivity contribution in [2.24, 2.45) is 5.92 Å². The largest absolute Gasteiger partial charge is 0.497 e. The molecule has 4 rings (SSSR count). The van der Waals surface area contributed by atoms with Gasteiger partial charge in [0.2, 0.25) is 5.91 Å². The summed E-state index contributed by atoms with van der Waals surface area (Å²) >= 11 is 0. The van der Waals surface area contributed by atoms with Gasteiger partial charge < -0.3 is 19.5 Å². The molecule has 3 aromatic rings. The molecule has 1 heterocycles. The summed E-state index contributed by atoms with van der Waals surface area (Å²) < 4.78 is 16.1. The summed E-state index contributed by atoms with van der Waals surface area (Å²) in [5.74, 6) is 2.47. The predicted molar refractivity (Wildman–Crippen MR) is 134 cm³/mol. The van der Waals surface area contributed by atoms with Gasteiger partial charge in [-0.05, 0) is 59.9 Å². The van der Waals surface area contributed by atoms with Crippen LogP contribution in [0.3, 0.4) is 0 Å². The van der Waals surface area contributed by atoms with Gasteiger partial charge in [0.1, 0.15) is 17.2 Å². The zero-order valence-corrected chi connectivity index (χ0v) is 20.0. The fourth-order valence-corrected chi connectivity index (χ4v) is 4.61. The fraction of sp³-hybridized carbons (Fsp3) is 0.321. The molecular formula is C28H32N2O4. The second kappa shape index (κ2) is 11.1. The van der Waals surface area contributed by atoms with Crippen molar-refractivity contribution in [2.75, 3.05) is 39.7 Å². The van der Waals surface area contributed by atoms with Gasteiger partial charge in [0.15, 0.2) is 0 Å². The van der Waals surface area contributed by atoms with E-state index in [4.69, 9.17) is 14.2 Å². The van der Waals surface area contributed by atoms with Crippen LogP contribution in [0.15, 0.2) is 72.8 Å². The molecule has 0 bridgehead atoms. The van der Waals surface area contributed by atoms with Crippen LogP contribution in [-0.2, 0) is 11.3 Å². The molecule has 0 spiro atoms. The maximum absolute atomic E-state index is 13.3. The van der Waals surface area contributed by atoms with E-state index < -0.39 is 0 Å². The third-order valence-corrected chi connectivity index (χ3v) is 6.34. The van der Waals surface area contributed by atoms with Gasteiger partial charge in [-0.25, -0.2) is 0 Å². The Morgan fingerprint density at radius 2 is 1.50 bits per heavy atom. The second-order valence-electron chi connectivity index (χ2n) is 8.67. The van der Waals surface area contributed by atoms with Crippen molar-refractivity contribution < 1.29 is 19.0 Å². The first-order chi connectivity index (χ1) is 16.6. The topological polar surface area (TPSA) is 60.0 Å². The molecule has 178 valence electrons.